The third-order valence-electron chi connectivity index (χ3n) is 8.64. The van der Waals surface area contributed by atoms with Crippen molar-refractivity contribution in [2.24, 2.45) is 5.92 Å². The van der Waals surface area contributed by atoms with Crippen LogP contribution in [-0.2, 0) is 18.3 Å². The van der Waals surface area contributed by atoms with E-state index in [9.17, 15) is 0 Å². The molecule has 3 fully saturated rings. The van der Waals surface area contributed by atoms with Crippen LogP contribution in [0.3, 0.4) is 0 Å². The first kappa shape index (κ1) is 28.5. The molecule has 2 heterocycles. The molecule has 0 aromatic heterocycles. The Morgan fingerprint density at radius 3 is 1.88 bits per heavy atom. The zero-order valence-corrected chi connectivity index (χ0v) is 26.9. The largest absolute Gasteiger partial charge is 0.416 e. The number of thioether (sulfide) groups is 2. The van der Waals surface area contributed by atoms with E-state index in [4.69, 9.17) is 18.3 Å². The first-order chi connectivity index (χ1) is 14.8. The molecule has 8 heteroatoms. The second kappa shape index (κ2) is 9.37. The molecule has 0 radical (unpaired) electrons. The highest BCUT2D eigenvalue weighted by molar-refractivity contribution is 8.18. The number of fused-ring (bicyclic) bond motifs is 1. The molecule has 1 aliphatic carbocycles. The summed E-state index contributed by atoms with van der Waals surface area (Å²) in [7, 11) is -3.82. The van der Waals surface area contributed by atoms with Gasteiger partial charge in [0.1, 0.15) is 6.10 Å². The summed E-state index contributed by atoms with van der Waals surface area (Å²) in [6.45, 7) is 28.3. The summed E-state index contributed by atoms with van der Waals surface area (Å²) in [6.07, 6.45) is 2.33. The maximum atomic E-state index is 7.10. The Balaban J connectivity index is 1.95. The number of rotatable bonds is 5. The maximum absolute atomic E-state index is 7.10. The molecule has 0 aromatic rings. The molecule has 0 aromatic carbocycles. The molecular formula is C25H50O4S2Si2. The molecule has 4 atom stereocenters. The summed E-state index contributed by atoms with van der Waals surface area (Å²) >= 11 is 4.27. The van der Waals surface area contributed by atoms with Crippen LogP contribution in [0.2, 0.25) is 36.3 Å². The molecule has 0 N–H and O–H groups in total. The maximum Gasteiger partial charge on any atom is 0.192 e. The topological polar surface area (TPSA) is 36.9 Å². The molecule has 2 aliphatic heterocycles. The average Bonchev–Trinajstić information content (AvgIpc) is 2.95. The first-order valence-electron chi connectivity index (χ1n) is 12.8. The van der Waals surface area contributed by atoms with Crippen LogP contribution < -0.4 is 0 Å². The average molecular weight is 535 g/mol. The summed E-state index contributed by atoms with van der Waals surface area (Å²) in [5.41, 5.74) is 0. The van der Waals surface area contributed by atoms with Crippen LogP contribution >= 0.6 is 23.5 Å². The molecule has 3 aliphatic rings. The van der Waals surface area contributed by atoms with Crippen molar-refractivity contribution in [2.75, 3.05) is 18.1 Å². The van der Waals surface area contributed by atoms with Gasteiger partial charge in [-0.15, -0.1) is 23.5 Å². The van der Waals surface area contributed by atoms with Gasteiger partial charge in [0.25, 0.3) is 0 Å². The summed E-state index contributed by atoms with van der Waals surface area (Å²) in [5.74, 6) is 2.12. The molecular weight excluding hydrogens is 485 g/mol. The minimum Gasteiger partial charge on any atom is -0.416 e. The molecule has 194 valence electrons. The standard InChI is InChI=1S/C25H50O4S2Si2/c1-22(2,3)32(9,10)26-17-18-20-21(28-24(7,8)27-20)19(29-33(11,12)23(4,5)6)16-25(18)30-14-13-15-31-25/h18-21H,13-17H2,1-12H3/t18-,19+,20-,21-/m1/s1. The van der Waals surface area contributed by atoms with Crippen molar-refractivity contribution in [3.63, 3.8) is 0 Å². The number of hydrogen-bond acceptors (Lipinski definition) is 6. The van der Waals surface area contributed by atoms with Gasteiger partial charge in [-0.25, -0.2) is 0 Å². The Labute approximate surface area is 214 Å². The molecule has 1 spiro atoms. The van der Waals surface area contributed by atoms with Gasteiger partial charge < -0.3 is 18.3 Å². The lowest BCUT2D eigenvalue weighted by Crippen LogP contribution is -2.61. The van der Waals surface area contributed by atoms with Gasteiger partial charge in [-0.05, 0) is 74.5 Å². The van der Waals surface area contributed by atoms with E-state index in [1.165, 1.54) is 17.9 Å². The Kier molecular flexibility index (Phi) is 8.11. The van der Waals surface area contributed by atoms with Gasteiger partial charge in [0.2, 0.25) is 0 Å². The van der Waals surface area contributed by atoms with E-state index >= 15 is 0 Å². The lowest BCUT2D eigenvalue weighted by atomic mass is 9.82. The highest BCUT2D eigenvalue weighted by Crippen LogP contribution is 2.59. The Bertz CT molecular complexity index is 694. The molecule has 1 saturated carbocycles. The molecule has 33 heavy (non-hydrogen) atoms. The molecule has 0 unspecified atom stereocenters. The van der Waals surface area contributed by atoms with Gasteiger partial charge in [0.15, 0.2) is 22.4 Å². The van der Waals surface area contributed by atoms with Crippen LogP contribution in [-0.4, -0.2) is 62.9 Å². The summed E-state index contributed by atoms with van der Waals surface area (Å²) in [4.78, 5) is 0. The predicted octanol–water partition coefficient (Wildman–Crippen LogP) is 7.51. The normalized spacial score (nSPS) is 32.7. The zero-order valence-electron chi connectivity index (χ0n) is 23.3. The second-order valence-electron chi connectivity index (χ2n) is 13.7. The smallest absolute Gasteiger partial charge is 0.192 e. The molecule has 0 bridgehead atoms. The highest BCUT2D eigenvalue weighted by atomic mass is 32.2. The summed E-state index contributed by atoms with van der Waals surface area (Å²) in [5, 5.41) is 0.362. The van der Waals surface area contributed by atoms with Crippen LogP contribution in [0, 0.1) is 5.92 Å². The Morgan fingerprint density at radius 1 is 0.848 bits per heavy atom. The van der Waals surface area contributed by atoms with Gasteiger partial charge in [0.05, 0.1) is 16.3 Å². The van der Waals surface area contributed by atoms with Crippen LogP contribution in [0.15, 0.2) is 0 Å². The zero-order chi connectivity index (χ0) is 25.1. The molecule has 4 nitrogen and oxygen atoms in total. The van der Waals surface area contributed by atoms with Crippen molar-refractivity contribution < 1.29 is 18.3 Å². The lowest BCUT2D eigenvalue weighted by molar-refractivity contribution is -0.154. The van der Waals surface area contributed by atoms with E-state index in [0.717, 1.165) is 13.0 Å². The molecule has 3 rings (SSSR count). The van der Waals surface area contributed by atoms with Crippen molar-refractivity contribution in [2.45, 2.75) is 133 Å². The van der Waals surface area contributed by atoms with Gasteiger partial charge in [-0.1, -0.05) is 41.5 Å². The Hall–Kier alpha value is 0.974. The lowest BCUT2D eigenvalue weighted by Gasteiger charge is -2.54. The van der Waals surface area contributed by atoms with Crippen molar-refractivity contribution in [1.29, 1.82) is 0 Å². The van der Waals surface area contributed by atoms with Gasteiger partial charge >= 0.3 is 0 Å². The Morgan fingerprint density at radius 2 is 1.36 bits per heavy atom. The van der Waals surface area contributed by atoms with E-state index < -0.39 is 22.4 Å². The summed E-state index contributed by atoms with van der Waals surface area (Å²) < 4.78 is 27.3. The summed E-state index contributed by atoms with van der Waals surface area (Å²) in [6, 6.07) is 0. The fourth-order valence-corrected chi connectivity index (χ4v) is 10.6. The van der Waals surface area contributed by atoms with Crippen LogP contribution in [0.4, 0.5) is 0 Å². The third kappa shape index (κ3) is 5.94. The minimum absolute atomic E-state index is 0.00591. The van der Waals surface area contributed by atoms with Gasteiger partial charge in [-0.3, -0.25) is 0 Å². The highest BCUT2D eigenvalue weighted by Gasteiger charge is 2.62. The van der Waals surface area contributed by atoms with Crippen molar-refractivity contribution in [1.82, 2.24) is 0 Å². The van der Waals surface area contributed by atoms with Crippen LogP contribution in [0.5, 0.6) is 0 Å². The van der Waals surface area contributed by atoms with E-state index in [-0.39, 0.29) is 32.5 Å². The van der Waals surface area contributed by atoms with E-state index in [1.54, 1.807) is 0 Å². The van der Waals surface area contributed by atoms with E-state index in [0.29, 0.717) is 5.92 Å². The van der Waals surface area contributed by atoms with Crippen LogP contribution in [0.1, 0.15) is 68.2 Å². The van der Waals surface area contributed by atoms with Crippen molar-refractivity contribution in [3.8, 4) is 0 Å². The molecule has 0 amide bonds. The van der Waals surface area contributed by atoms with Crippen molar-refractivity contribution >= 4 is 40.2 Å². The number of ether oxygens (including phenoxy) is 2. The first-order valence-corrected chi connectivity index (χ1v) is 20.5. The van der Waals surface area contributed by atoms with Crippen LogP contribution in [0.25, 0.3) is 0 Å². The van der Waals surface area contributed by atoms with Gasteiger partial charge in [-0.2, -0.15) is 0 Å². The fourth-order valence-electron chi connectivity index (χ4n) is 4.54. The molecule has 2 saturated heterocycles. The van der Waals surface area contributed by atoms with E-state index in [2.05, 4.69) is 105 Å². The minimum atomic E-state index is -1.95. The predicted molar refractivity (Wildman–Crippen MR) is 149 cm³/mol. The quantitative estimate of drug-likeness (QED) is 0.340. The SMILES string of the molecule is CC1(C)O[C@H]2[C@H](O1)[C@@H](CO[Si](C)(C)C(C)(C)C)C1(C[C@@H]2O[Si](C)(C)C(C)(C)C)SCCCS1. The fraction of sp³-hybridized carbons (Fsp3) is 1.00. The third-order valence-corrected chi connectivity index (χ3v) is 21.3. The monoisotopic (exact) mass is 534 g/mol. The number of hydrogen-bond donors (Lipinski definition) is 0. The van der Waals surface area contributed by atoms with Crippen molar-refractivity contribution in [3.05, 3.63) is 0 Å². The van der Waals surface area contributed by atoms with E-state index in [1.807, 2.05) is 0 Å². The second-order valence-corrected chi connectivity index (χ2v) is 26.4. The van der Waals surface area contributed by atoms with Gasteiger partial charge in [0, 0.05) is 12.5 Å².